The van der Waals surface area contributed by atoms with E-state index < -0.39 is 15.4 Å². The van der Waals surface area contributed by atoms with Crippen LogP contribution < -0.4 is 5.32 Å². The Morgan fingerprint density at radius 2 is 2.00 bits per heavy atom. The lowest BCUT2D eigenvalue weighted by Gasteiger charge is -2.32. The number of hydrogen-bond acceptors (Lipinski definition) is 4. The van der Waals surface area contributed by atoms with Crippen LogP contribution in [0.15, 0.2) is 30.3 Å². The summed E-state index contributed by atoms with van der Waals surface area (Å²) in [6.45, 7) is 0. The van der Waals surface area contributed by atoms with Crippen molar-refractivity contribution in [2.75, 3.05) is 16.8 Å². The summed E-state index contributed by atoms with van der Waals surface area (Å²) in [5.74, 6) is 0.0816. The van der Waals surface area contributed by atoms with Gasteiger partial charge in [-0.25, -0.2) is 8.42 Å². The van der Waals surface area contributed by atoms with Gasteiger partial charge in [-0.3, -0.25) is 0 Å². The highest BCUT2D eigenvalue weighted by atomic mass is 32.2. The van der Waals surface area contributed by atoms with Gasteiger partial charge in [0.25, 0.3) is 0 Å². The molecule has 0 amide bonds. The first-order chi connectivity index (χ1) is 8.05. The normalized spacial score (nSPS) is 27.0. The monoisotopic (exact) mass is 250 g/mol. The van der Waals surface area contributed by atoms with Crippen molar-refractivity contribution >= 4 is 15.5 Å². The molecule has 1 aliphatic heterocycles. The molecule has 0 bridgehead atoms. The lowest BCUT2D eigenvalue weighted by atomic mass is 9.97. The number of nitrogens with zero attached hydrogens (tertiary/aromatic N) is 1. The van der Waals surface area contributed by atoms with Gasteiger partial charge in [0, 0.05) is 5.69 Å². The van der Waals surface area contributed by atoms with Gasteiger partial charge in [-0.1, -0.05) is 18.2 Å². The molecular weight excluding hydrogens is 236 g/mol. The van der Waals surface area contributed by atoms with E-state index in [1.165, 1.54) is 0 Å². The summed E-state index contributed by atoms with van der Waals surface area (Å²) in [6.07, 6.45) is 1.10. The molecule has 90 valence electrons. The summed E-state index contributed by atoms with van der Waals surface area (Å²) >= 11 is 0. The van der Waals surface area contributed by atoms with Crippen molar-refractivity contribution in [2.24, 2.45) is 0 Å². The Morgan fingerprint density at radius 1 is 1.29 bits per heavy atom. The van der Waals surface area contributed by atoms with Crippen LogP contribution in [0.4, 0.5) is 5.69 Å². The van der Waals surface area contributed by atoms with E-state index in [0.717, 1.165) is 5.69 Å². The number of anilines is 1. The molecule has 4 nitrogen and oxygen atoms in total. The van der Waals surface area contributed by atoms with E-state index in [4.69, 9.17) is 0 Å². The minimum atomic E-state index is -3.11. The topological polar surface area (TPSA) is 70.0 Å². The fourth-order valence-electron chi connectivity index (χ4n) is 2.13. The molecule has 0 aliphatic carbocycles. The number of rotatable bonds is 2. The van der Waals surface area contributed by atoms with E-state index >= 15 is 0 Å². The molecule has 1 aromatic carbocycles. The van der Waals surface area contributed by atoms with Crippen LogP contribution in [0, 0.1) is 11.3 Å². The largest absolute Gasteiger partial charge is 0.367 e. The van der Waals surface area contributed by atoms with Crippen LogP contribution in [0.1, 0.15) is 12.8 Å². The smallest absolute Gasteiger partial charge is 0.153 e. The van der Waals surface area contributed by atoms with Crippen LogP contribution >= 0.6 is 0 Å². The molecule has 5 heteroatoms. The quantitative estimate of drug-likeness (QED) is 0.865. The number of para-hydroxylation sites is 1. The maximum absolute atomic E-state index is 11.6. The predicted octanol–water partition coefficient (Wildman–Crippen LogP) is 1.57. The van der Waals surface area contributed by atoms with Crippen LogP contribution in [-0.4, -0.2) is 25.5 Å². The van der Waals surface area contributed by atoms with Crippen LogP contribution in [0.3, 0.4) is 0 Å². The molecule has 0 aromatic heterocycles. The van der Waals surface area contributed by atoms with Gasteiger partial charge in [-0.05, 0) is 25.0 Å². The van der Waals surface area contributed by atoms with Crippen LogP contribution in [0.5, 0.6) is 0 Å². The van der Waals surface area contributed by atoms with Crippen molar-refractivity contribution in [3.8, 4) is 6.07 Å². The van der Waals surface area contributed by atoms with Crippen molar-refractivity contribution in [1.82, 2.24) is 0 Å². The fourth-order valence-corrected chi connectivity index (χ4v) is 3.89. The Labute approximate surface area is 101 Å². The molecule has 1 fully saturated rings. The Hall–Kier alpha value is -1.54. The van der Waals surface area contributed by atoms with Crippen molar-refractivity contribution < 1.29 is 8.42 Å². The minimum absolute atomic E-state index is 0.106. The number of nitriles is 1. The zero-order valence-electron chi connectivity index (χ0n) is 9.39. The summed E-state index contributed by atoms with van der Waals surface area (Å²) in [4.78, 5) is 0. The molecule has 1 heterocycles. The molecule has 17 heavy (non-hydrogen) atoms. The van der Waals surface area contributed by atoms with E-state index in [1.807, 2.05) is 30.3 Å². The second-order valence-corrected chi connectivity index (χ2v) is 6.56. The molecule has 1 unspecified atom stereocenters. The maximum Gasteiger partial charge on any atom is 0.153 e. The number of hydrogen-bond donors (Lipinski definition) is 1. The summed E-state index contributed by atoms with van der Waals surface area (Å²) in [7, 11) is -3.11. The van der Waals surface area contributed by atoms with Gasteiger partial charge in [0.15, 0.2) is 9.84 Å². The zero-order valence-corrected chi connectivity index (χ0v) is 10.2. The Morgan fingerprint density at radius 3 is 2.59 bits per heavy atom. The third-order valence-electron chi connectivity index (χ3n) is 2.90. The average molecular weight is 250 g/mol. The molecule has 0 radical (unpaired) electrons. The molecular formula is C12H14N2O2S. The molecule has 1 atom stereocenters. The second kappa shape index (κ2) is 4.38. The SMILES string of the molecule is N#CC1(Nc2ccccc2)CCCS(=O)(=O)C1. The predicted molar refractivity (Wildman–Crippen MR) is 66.3 cm³/mol. The summed E-state index contributed by atoms with van der Waals surface area (Å²) in [6, 6.07) is 11.4. The minimum Gasteiger partial charge on any atom is -0.367 e. The maximum atomic E-state index is 11.6. The van der Waals surface area contributed by atoms with Gasteiger partial charge in [0.2, 0.25) is 0 Å². The van der Waals surface area contributed by atoms with Gasteiger partial charge in [0.05, 0.1) is 17.6 Å². The summed E-state index contributed by atoms with van der Waals surface area (Å²) in [5, 5.41) is 12.3. The molecule has 1 saturated heterocycles. The highest BCUT2D eigenvalue weighted by molar-refractivity contribution is 7.91. The molecule has 1 aromatic rings. The Balaban J connectivity index is 2.24. The van der Waals surface area contributed by atoms with Crippen LogP contribution in [0.2, 0.25) is 0 Å². The van der Waals surface area contributed by atoms with E-state index in [9.17, 15) is 13.7 Å². The third kappa shape index (κ3) is 2.77. The van der Waals surface area contributed by atoms with Crippen molar-refractivity contribution in [3.05, 3.63) is 30.3 Å². The standard InChI is InChI=1S/C12H14N2O2S/c13-9-12(7-4-8-17(15,16)10-12)14-11-5-2-1-3-6-11/h1-3,5-6,14H,4,7-8,10H2. The Bertz CT molecular complexity index is 533. The zero-order chi connectivity index (χ0) is 12.4. The fraction of sp³-hybridized carbons (Fsp3) is 0.417. The molecule has 1 aliphatic rings. The van der Waals surface area contributed by atoms with E-state index in [-0.39, 0.29) is 11.5 Å². The second-order valence-electron chi connectivity index (χ2n) is 4.38. The lowest BCUT2D eigenvalue weighted by molar-refractivity contribution is 0.519. The average Bonchev–Trinajstić information content (AvgIpc) is 2.29. The van der Waals surface area contributed by atoms with Gasteiger partial charge >= 0.3 is 0 Å². The van der Waals surface area contributed by atoms with E-state index in [1.54, 1.807) is 0 Å². The van der Waals surface area contributed by atoms with Gasteiger partial charge in [-0.15, -0.1) is 0 Å². The van der Waals surface area contributed by atoms with Gasteiger partial charge in [-0.2, -0.15) is 5.26 Å². The van der Waals surface area contributed by atoms with Gasteiger partial charge < -0.3 is 5.32 Å². The molecule has 2 rings (SSSR count). The van der Waals surface area contributed by atoms with E-state index in [2.05, 4.69) is 11.4 Å². The molecule has 1 N–H and O–H groups in total. The Kier molecular flexibility index (Phi) is 3.07. The first-order valence-corrected chi connectivity index (χ1v) is 7.32. The van der Waals surface area contributed by atoms with Crippen molar-refractivity contribution in [1.29, 1.82) is 5.26 Å². The lowest BCUT2D eigenvalue weighted by Crippen LogP contribution is -2.47. The summed E-state index contributed by atoms with van der Waals surface area (Å²) < 4.78 is 23.2. The summed E-state index contributed by atoms with van der Waals surface area (Å²) in [5.41, 5.74) is -0.190. The van der Waals surface area contributed by atoms with Crippen molar-refractivity contribution in [3.63, 3.8) is 0 Å². The first kappa shape index (κ1) is 11.9. The van der Waals surface area contributed by atoms with Crippen molar-refractivity contribution in [2.45, 2.75) is 18.4 Å². The van der Waals surface area contributed by atoms with Gasteiger partial charge in [0.1, 0.15) is 5.54 Å². The highest BCUT2D eigenvalue weighted by Gasteiger charge is 2.39. The van der Waals surface area contributed by atoms with Crippen LogP contribution in [-0.2, 0) is 9.84 Å². The number of nitrogens with one attached hydrogen (secondary N) is 1. The highest BCUT2D eigenvalue weighted by Crippen LogP contribution is 2.26. The first-order valence-electron chi connectivity index (χ1n) is 5.50. The van der Waals surface area contributed by atoms with E-state index in [0.29, 0.717) is 12.8 Å². The molecule has 0 spiro atoms. The third-order valence-corrected chi connectivity index (χ3v) is 4.74. The molecule has 0 saturated carbocycles. The number of sulfone groups is 1. The van der Waals surface area contributed by atoms with Crippen LogP contribution in [0.25, 0.3) is 0 Å². The number of benzene rings is 1.